The fourth-order valence-electron chi connectivity index (χ4n) is 3.03. The van der Waals surface area contributed by atoms with Crippen molar-refractivity contribution in [1.82, 2.24) is 14.1 Å². The smallest absolute Gasteiger partial charge is 0.333 e. The van der Waals surface area contributed by atoms with Gasteiger partial charge in [-0.3, -0.25) is 18.7 Å². The molecule has 3 rings (SSSR count). The second kappa shape index (κ2) is 6.17. The monoisotopic (exact) mass is 358 g/mol. The fourth-order valence-corrected chi connectivity index (χ4v) is 3.03. The number of hydrogen-bond donors (Lipinski definition) is 2. The van der Waals surface area contributed by atoms with Gasteiger partial charge in [-0.2, -0.15) is 5.10 Å². The molecule has 2 N–H and O–H groups in total. The molecule has 1 aromatic heterocycles. The molecule has 1 aromatic carbocycles. The van der Waals surface area contributed by atoms with Gasteiger partial charge in [0.2, 0.25) is 11.8 Å². The lowest BCUT2D eigenvalue weighted by Crippen LogP contribution is -2.39. The molecule has 9 nitrogen and oxygen atoms in total. The van der Waals surface area contributed by atoms with E-state index in [9.17, 15) is 24.6 Å². The third kappa shape index (κ3) is 2.67. The van der Waals surface area contributed by atoms with Crippen molar-refractivity contribution in [3.63, 3.8) is 0 Å². The van der Waals surface area contributed by atoms with Crippen LogP contribution < -0.4 is 11.2 Å². The first-order valence-corrected chi connectivity index (χ1v) is 7.88. The predicted molar refractivity (Wildman–Crippen MR) is 93.1 cm³/mol. The van der Waals surface area contributed by atoms with Gasteiger partial charge in [-0.25, -0.2) is 9.80 Å². The summed E-state index contributed by atoms with van der Waals surface area (Å²) in [7, 11) is 2.64. The Morgan fingerprint density at radius 1 is 1.19 bits per heavy atom. The minimum Gasteiger partial charge on any atom is -0.508 e. The Hall–Kier alpha value is -3.36. The van der Waals surface area contributed by atoms with Crippen molar-refractivity contribution in [2.75, 3.05) is 0 Å². The van der Waals surface area contributed by atoms with Crippen LogP contribution in [0, 0.1) is 0 Å². The summed E-state index contributed by atoms with van der Waals surface area (Å²) in [5.74, 6) is -0.813. The lowest BCUT2D eigenvalue weighted by atomic mass is 9.99. The van der Waals surface area contributed by atoms with Gasteiger partial charge >= 0.3 is 5.69 Å². The van der Waals surface area contributed by atoms with E-state index in [-0.39, 0.29) is 29.4 Å². The molecule has 1 atom stereocenters. The van der Waals surface area contributed by atoms with Crippen molar-refractivity contribution >= 4 is 11.6 Å². The van der Waals surface area contributed by atoms with Gasteiger partial charge < -0.3 is 10.2 Å². The van der Waals surface area contributed by atoms with Crippen molar-refractivity contribution in [3.05, 3.63) is 56.2 Å². The Morgan fingerprint density at radius 3 is 2.50 bits per heavy atom. The third-order valence-electron chi connectivity index (χ3n) is 4.41. The number of nitrogens with zero attached hydrogens (tertiary/aromatic N) is 4. The molecule has 1 amide bonds. The maximum Gasteiger partial charge on any atom is 0.333 e. The van der Waals surface area contributed by atoms with Crippen LogP contribution >= 0.6 is 0 Å². The summed E-state index contributed by atoms with van der Waals surface area (Å²) in [5.41, 5.74) is -0.641. The Kier molecular flexibility index (Phi) is 4.15. The average molecular weight is 358 g/mol. The molecule has 1 aliphatic rings. The first-order valence-electron chi connectivity index (χ1n) is 7.88. The van der Waals surface area contributed by atoms with E-state index < -0.39 is 23.2 Å². The molecule has 0 radical (unpaired) electrons. The molecule has 0 fully saturated rings. The Morgan fingerprint density at radius 2 is 1.88 bits per heavy atom. The van der Waals surface area contributed by atoms with Crippen LogP contribution in [0.15, 0.2) is 39.0 Å². The summed E-state index contributed by atoms with van der Waals surface area (Å²) in [5, 5.41) is 25.4. The average Bonchev–Trinajstić information content (AvgIpc) is 3.04. The lowest BCUT2D eigenvalue weighted by molar-refractivity contribution is -0.130. The standard InChI is InChI=1S/C17H18N4O5/c1-9(22)21-13(10-5-4-6-11(23)7-10)8-12(18-21)14-15(24)19(2)17(26)20(3)16(14)25/h4-7,13,23-24H,8H2,1-3H3. The summed E-state index contributed by atoms with van der Waals surface area (Å²) < 4.78 is 1.82. The molecule has 2 aromatic rings. The molecule has 1 aliphatic heterocycles. The quantitative estimate of drug-likeness (QED) is 0.795. The molecule has 136 valence electrons. The zero-order valence-corrected chi connectivity index (χ0v) is 14.5. The minimum absolute atomic E-state index is 0.0420. The normalized spacial score (nSPS) is 16.7. The van der Waals surface area contributed by atoms with E-state index in [0.717, 1.165) is 9.13 Å². The molecule has 0 bridgehead atoms. The van der Waals surface area contributed by atoms with E-state index in [2.05, 4.69) is 5.10 Å². The number of benzene rings is 1. The van der Waals surface area contributed by atoms with Crippen molar-refractivity contribution in [2.45, 2.75) is 19.4 Å². The largest absolute Gasteiger partial charge is 0.508 e. The van der Waals surface area contributed by atoms with Gasteiger partial charge in [0, 0.05) is 27.4 Å². The molecule has 0 aliphatic carbocycles. The van der Waals surface area contributed by atoms with Crippen molar-refractivity contribution in [1.29, 1.82) is 0 Å². The molecular weight excluding hydrogens is 340 g/mol. The van der Waals surface area contributed by atoms with E-state index >= 15 is 0 Å². The topological polar surface area (TPSA) is 117 Å². The highest BCUT2D eigenvalue weighted by atomic mass is 16.3. The summed E-state index contributed by atoms with van der Waals surface area (Å²) >= 11 is 0. The van der Waals surface area contributed by atoms with Crippen LogP contribution in [0.5, 0.6) is 11.6 Å². The van der Waals surface area contributed by atoms with E-state index in [1.165, 1.54) is 38.2 Å². The van der Waals surface area contributed by atoms with Crippen LogP contribution in [0.25, 0.3) is 0 Å². The summed E-state index contributed by atoms with van der Waals surface area (Å²) in [6, 6.07) is 5.86. The predicted octanol–water partition coefficient (Wildman–Crippen LogP) is 0.193. The number of carbonyl (C=O) groups is 1. The first kappa shape index (κ1) is 17.5. The number of aromatic hydroxyl groups is 2. The maximum absolute atomic E-state index is 12.5. The van der Waals surface area contributed by atoms with Crippen LogP contribution in [0.2, 0.25) is 0 Å². The number of carbonyl (C=O) groups excluding carboxylic acids is 1. The number of hydrazone groups is 1. The number of hydrogen-bond acceptors (Lipinski definition) is 6. The number of amides is 1. The van der Waals surface area contributed by atoms with E-state index in [1.54, 1.807) is 12.1 Å². The van der Waals surface area contributed by atoms with Gasteiger partial charge in [0.25, 0.3) is 5.56 Å². The van der Waals surface area contributed by atoms with Crippen molar-refractivity contribution in [3.8, 4) is 11.6 Å². The molecule has 9 heteroatoms. The van der Waals surface area contributed by atoms with Gasteiger partial charge in [0.05, 0.1) is 11.8 Å². The van der Waals surface area contributed by atoms with Crippen LogP contribution in [-0.4, -0.2) is 36.0 Å². The number of phenols is 1. The van der Waals surface area contributed by atoms with Gasteiger partial charge in [-0.1, -0.05) is 12.1 Å². The van der Waals surface area contributed by atoms with Gasteiger partial charge in [-0.15, -0.1) is 0 Å². The second-order valence-corrected chi connectivity index (χ2v) is 6.13. The molecule has 0 saturated heterocycles. The fraction of sp³-hybridized carbons (Fsp3) is 0.294. The number of phenolic OH excluding ortho intramolecular Hbond substituents is 1. The van der Waals surface area contributed by atoms with Gasteiger partial charge in [0.15, 0.2) is 0 Å². The summed E-state index contributed by atoms with van der Waals surface area (Å²) in [6.07, 6.45) is 0.157. The number of rotatable bonds is 2. The molecule has 0 spiro atoms. The highest BCUT2D eigenvalue weighted by Crippen LogP contribution is 2.34. The Balaban J connectivity index is 2.14. The Labute approximate surface area is 148 Å². The zero-order chi connectivity index (χ0) is 19.2. The first-order chi connectivity index (χ1) is 12.2. The van der Waals surface area contributed by atoms with Crippen molar-refractivity contribution in [2.24, 2.45) is 19.2 Å². The van der Waals surface area contributed by atoms with Gasteiger partial charge in [0.1, 0.15) is 11.3 Å². The van der Waals surface area contributed by atoms with E-state index in [0.29, 0.717) is 5.56 Å². The highest BCUT2D eigenvalue weighted by molar-refractivity contribution is 6.04. The molecular formula is C17H18N4O5. The van der Waals surface area contributed by atoms with E-state index in [4.69, 9.17) is 0 Å². The van der Waals surface area contributed by atoms with Crippen LogP contribution in [0.3, 0.4) is 0 Å². The van der Waals surface area contributed by atoms with Gasteiger partial charge in [-0.05, 0) is 17.7 Å². The third-order valence-corrected chi connectivity index (χ3v) is 4.41. The lowest BCUT2D eigenvalue weighted by Gasteiger charge is -2.20. The molecule has 0 saturated carbocycles. The van der Waals surface area contributed by atoms with Crippen molar-refractivity contribution < 1.29 is 15.0 Å². The summed E-state index contributed by atoms with van der Waals surface area (Å²) in [6.45, 7) is 1.33. The summed E-state index contributed by atoms with van der Waals surface area (Å²) in [4.78, 5) is 36.4. The zero-order valence-electron chi connectivity index (χ0n) is 14.5. The molecule has 2 heterocycles. The van der Waals surface area contributed by atoms with Crippen LogP contribution in [0.4, 0.5) is 0 Å². The molecule has 1 unspecified atom stereocenters. The second-order valence-electron chi connectivity index (χ2n) is 6.13. The number of aromatic nitrogens is 2. The molecule has 26 heavy (non-hydrogen) atoms. The Bertz CT molecular complexity index is 1050. The van der Waals surface area contributed by atoms with Crippen LogP contribution in [-0.2, 0) is 18.9 Å². The van der Waals surface area contributed by atoms with E-state index in [1.807, 2.05) is 0 Å². The minimum atomic E-state index is -0.690. The maximum atomic E-state index is 12.5. The van der Waals surface area contributed by atoms with Crippen LogP contribution in [0.1, 0.15) is 30.5 Å². The highest BCUT2D eigenvalue weighted by Gasteiger charge is 2.34. The SMILES string of the molecule is CC(=O)N1N=C(c2c(O)n(C)c(=O)n(C)c2=O)CC1c1cccc(O)c1.